The lowest BCUT2D eigenvalue weighted by atomic mass is 10.0. The van der Waals surface area contributed by atoms with Gasteiger partial charge in [-0.15, -0.1) is 10.2 Å². The van der Waals surface area contributed by atoms with Gasteiger partial charge in [-0.25, -0.2) is 0 Å². The van der Waals surface area contributed by atoms with E-state index in [1.165, 1.54) is 18.2 Å². The van der Waals surface area contributed by atoms with Gasteiger partial charge in [0.2, 0.25) is 11.7 Å². The SMILES string of the molecule is CCN(C(=O)CSc1nnc2n(Cc3ccccc3)c(=O)c3ccccc3n12)C1=CCCCC1. The number of hydrogen-bond donors (Lipinski definition) is 0. The van der Waals surface area contributed by atoms with Crippen molar-refractivity contribution in [1.29, 1.82) is 0 Å². The van der Waals surface area contributed by atoms with Crippen LogP contribution in [0.4, 0.5) is 0 Å². The van der Waals surface area contributed by atoms with Crippen LogP contribution in [0.15, 0.2) is 76.3 Å². The van der Waals surface area contributed by atoms with Gasteiger partial charge in [0, 0.05) is 12.2 Å². The molecule has 5 rings (SSSR count). The van der Waals surface area contributed by atoms with Gasteiger partial charge in [-0.2, -0.15) is 0 Å². The average molecular weight is 474 g/mol. The molecule has 0 radical (unpaired) electrons. The van der Waals surface area contributed by atoms with Gasteiger partial charge in [-0.05, 0) is 50.3 Å². The van der Waals surface area contributed by atoms with Crippen LogP contribution in [0.2, 0.25) is 0 Å². The summed E-state index contributed by atoms with van der Waals surface area (Å²) in [5.41, 5.74) is 2.78. The number of thioether (sulfide) groups is 1. The quantitative estimate of drug-likeness (QED) is 0.370. The fraction of sp³-hybridized carbons (Fsp3) is 0.308. The Kier molecular flexibility index (Phi) is 6.49. The average Bonchev–Trinajstić information content (AvgIpc) is 3.31. The van der Waals surface area contributed by atoms with Crippen molar-refractivity contribution in [3.63, 3.8) is 0 Å². The number of fused-ring (bicyclic) bond motifs is 3. The number of para-hydroxylation sites is 1. The van der Waals surface area contributed by atoms with Crippen LogP contribution in [-0.2, 0) is 11.3 Å². The zero-order chi connectivity index (χ0) is 23.5. The number of carbonyl (C=O) groups excluding carboxylic acids is 1. The van der Waals surface area contributed by atoms with Crippen LogP contribution in [0.1, 0.15) is 38.2 Å². The molecule has 0 saturated carbocycles. The predicted octanol–water partition coefficient (Wildman–Crippen LogP) is 4.49. The number of nitrogens with zero attached hydrogens (tertiary/aromatic N) is 5. The van der Waals surface area contributed by atoms with Crippen LogP contribution < -0.4 is 5.56 Å². The third-order valence-electron chi connectivity index (χ3n) is 6.22. The maximum atomic E-state index is 13.3. The summed E-state index contributed by atoms with van der Waals surface area (Å²) < 4.78 is 3.55. The minimum absolute atomic E-state index is 0.0688. The Bertz CT molecular complexity index is 1420. The third kappa shape index (κ3) is 4.25. The van der Waals surface area contributed by atoms with Gasteiger partial charge < -0.3 is 4.90 Å². The number of rotatable bonds is 7. The van der Waals surface area contributed by atoms with Crippen LogP contribution in [-0.4, -0.2) is 42.3 Å². The summed E-state index contributed by atoms with van der Waals surface area (Å²) in [6, 6.07) is 17.3. The molecule has 0 aliphatic heterocycles. The van der Waals surface area contributed by atoms with E-state index in [1.54, 1.807) is 4.57 Å². The minimum Gasteiger partial charge on any atom is -0.316 e. The molecular formula is C26H27N5O2S. The van der Waals surface area contributed by atoms with E-state index in [2.05, 4.69) is 16.3 Å². The zero-order valence-corrected chi connectivity index (χ0v) is 20.0. The Hall–Kier alpha value is -3.39. The van der Waals surface area contributed by atoms with Gasteiger partial charge in [0.1, 0.15) is 0 Å². The van der Waals surface area contributed by atoms with E-state index >= 15 is 0 Å². The van der Waals surface area contributed by atoms with E-state index in [4.69, 9.17) is 0 Å². The van der Waals surface area contributed by atoms with Crippen LogP contribution in [0.5, 0.6) is 0 Å². The number of hydrogen-bond acceptors (Lipinski definition) is 5. The Morgan fingerprint density at radius 3 is 2.62 bits per heavy atom. The van der Waals surface area contributed by atoms with Gasteiger partial charge in [-0.1, -0.05) is 60.3 Å². The Morgan fingerprint density at radius 1 is 1.06 bits per heavy atom. The molecule has 1 amide bonds. The lowest BCUT2D eigenvalue weighted by molar-refractivity contribution is -0.126. The van der Waals surface area contributed by atoms with Crippen molar-refractivity contribution in [3.05, 3.63) is 82.3 Å². The maximum Gasteiger partial charge on any atom is 0.263 e. The van der Waals surface area contributed by atoms with Crippen molar-refractivity contribution in [1.82, 2.24) is 24.1 Å². The molecule has 8 heteroatoms. The standard InChI is InChI=1S/C26H27N5O2S/c1-2-29(20-13-7-4-8-14-20)23(32)18-34-26-28-27-25-30(17-19-11-5-3-6-12-19)24(33)21-15-9-10-16-22(21)31(25)26/h3,5-6,9-13,15-16H,2,4,7-8,14,17-18H2,1H3. The molecule has 2 heterocycles. The molecule has 1 aliphatic rings. The Balaban J connectivity index is 1.51. The third-order valence-corrected chi connectivity index (χ3v) is 7.13. The molecule has 34 heavy (non-hydrogen) atoms. The van der Waals surface area contributed by atoms with Gasteiger partial charge in [0.05, 0.1) is 23.2 Å². The number of aromatic nitrogens is 4. The normalized spacial score (nSPS) is 13.9. The van der Waals surface area contributed by atoms with Crippen molar-refractivity contribution in [2.24, 2.45) is 0 Å². The zero-order valence-electron chi connectivity index (χ0n) is 19.2. The van der Waals surface area contributed by atoms with E-state index < -0.39 is 0 Å². The fourth-order valence-electron chi connectivity index (χ4n) is 4.55. The van der Waals surface area contributed by atoms with Crippen molar-refractivity contribution in [2.45, 2.75) is 44.3 Å². The van der Waals surface area contributed by atoms with Gasteiger partial charge in [0.15, 0.2) is 5.16 Å². The number of allylic oxidation sites excluding steroid dienone is 2. The number of benzene rings is 2. The summed E-state index contributed by atoms with van der Waals surface area (Å²) in [6.45, 7) is 3.07. The summed E-state index contributed by atoms with van der Waals surface area (Å²) >= 11 is 1.36. The highest BCUT2D eigenvalue weighted by Crippen LogP contribution is 2.25. The maximum absolute atomic E-state index is 13.3. The first-order valence-corrected chi connectivity index (χ1v) is 12.7. The molecule has 0 spiro atoms. The molecule has 0 fully saturated rings. The van der Waals surface area contributed by atoms with E-state index in [1.807, 2.05) is 70.8 Å². The van der Waals surface area contributed by atoms with E-state index in [0.29, 0.717) is 29.4 Å². The summed E-state index contributed by atoms with van der Waals surface area (Å²) in [4.78, 5) is 28.3. The molecule has 2 aromatic heterocycles. The van der Waals surface area contributed by atoms with Crippen molar-refractivity contribution < 1.29 is 4.79 Å². The number of carbonyl (C=O) groups is 1. The summed E-state index contributed by atoms with van der Waals surface area (Å²) in [5, 5.41) is 9.97. The fourth-order valence-corrected chi connectivity index (χ4v) is 5.36. The topological polar surface area (TPSA) is 72.5 Å². The molecule has 0 N–H and O–H groups in total. The second-order valence-electron chi connectivity index (χ2n) is 8.38. The highest BCUT2D eigenvalue weighted by atomic mass is 32.2. The minimum atomic E-state index is -0.103. The monoisotopic (exact) mass is 473 g/mol. The van der Waals surface area contributed by atoms with E-state index in [9.17, 15) is 9.59 Å². The summed E-state index contributed by atoms with van der Waals surface area (Å²) in [5.74, 6) is 0.808. The summed E-state index contributed by atoms with van der Waals surface area (Å²) in [6.07, 6.45) is 6.49. The van der Waals surface area contributed by atoms with Crippen molar-refractivity contribution >= 4 is 34.3 Å². The molecule has 1 aliphatic carbocycles. The first kappa shape index (κ1) is 22.4. The molecule has 0 saturated heterocycles. The predicted molar refractivity (Wildman–Crippen MR) is 135 cm³/mol. The van der Waals surface area contributed by atoms with E-state index in [0.717, 1.165) is 36.0 Å². The smallest absolute Gasteiger partial charge is 0.263 e. The van der Waals surface area contributed by atoms with Gasteiger partial charge in [0.25, 0.3) is 5.56 Å². The van der Waals surface area contributed by atoms with E-state index in [-0.39, 0.29) is 17.2 Å². The van der Waals surface area contributed by atoms with Gasteiger partial charge in [-0.3, -0.25) is 18.6 Å². The first-order chi connectivity index (χ1) is 16.7. The first-order valence-electron chi connectivity index (χ1n) is 11.7. The van der Waals surface area contributed by atoms with Gasteiger partial charge >= 0.3 is 0 Å². The molecule has 0 bridgehead atoms. The van der Waals surface area contributed by atoms with Crippen LogP contribution in [0.3, 0.4) is 0 Å². The van der Waals surface area contributed by atoms with Crippen molar-refractivity contribution in [2.75, 3.05) is 12.3 Å². The molecule has 0 unspecified atom stereocenters. The largest absolute Gasteiger partial charge is 0.316 e. The summed E-state index contributed by atoms with van der Waals surface area (Å²) in [7, 11) is 0. The highest BCUT2D eigenvalue weighted by molar-refractivity contribution is 7.99. The lowest BCUT2D eigenvalue weighted by Crippen LogP contribution is -2.32. The molecule has 0 atom stereocenters. The highest BCUT2D eigenvalue weighted by Gasteiger charge is 2.21. The van der Waals surface area contributed by atoms with Crippen LogP contribution in [0.25, 0.3) is 16.7 Å². The van der Waals surface area contributed by atoms with Crippen LogP contribution in [0, 0.1) is 0 Å². The molecule has 2 aromatic carbocycles. The Labute approximate surface area is 202 Å². The number of amides is 1. The molecule has 7 nitrogen and oxygen atoms in total. The molecule has 4 aromatic rings. The molecule has 174 valence electrons. The molecular weight excluding hydrogens is 446 g/mol. The Morgan fingerprint density at radius 2 is 1.85 bits per heavy atom. The second-order valence-corrected chi connectivity index (χ2v) is 9.32. The van der Waals surface area contributed by atoms with Crippen molar-refractivity contribution in [3.8, 4) is 0 Å². The second kappa shape index (κ2) is 9.85. The lowest BCUT2D eigenvalue weighted by Gasteiger charge is -2.26. The van der Waals surface area contributed by atoms with Crippen LogP contribution >= 0.6 is 11.8 Å².